The van der Waals surface area contributed by atoms with Crippen LogP contribution < -0.4 is 0 Å². The SMILES string of the molecule is O=C(O)C(c1ccc(F)cc1Br)N1CCCCC1. The number of halogens is 2. The molecule has 1 saturated heterocycles. The first-order chi connectivity index (χ1) is 8.59. The minimum Gasteiger partial charge on any atom is -0.480 e. The molecule has 1 aromatic carbocycles. The monoisotopic (exact) mass is 315 g/mol. The summed E-state index contributed by atoms with van der Waals surface area (Å²) in [6.07, 6.45) is 3.18. The van der Waals surface area contributed by atoms with E-state index < -0.39 is 12.0 Å². The number of hydrogen-bond donors (Lipinski definition) is 1. The largest absolute Gasteiger partial charge is 0.480 e. The van der Waals surface area contributed by atoms with Crippen LogP contribution in [0.25, 0.3) is 0 Å². The Bertz CT molecular complexity index is 447. The van der Waals surface area contributed by atoms with Crippen LogP contribution in [0.5, 0.6) is 0 Å². The number of likely N-dealkylation sites (tertiary alicyclic amines) is 1. The second-order valence-electron chi connectivity index (χ2n) is 4.50. The smallest absolute Gasteiger partial charge is 0.325 e. The first kappa shape index (κ1) is 13.5. The Balaban J connectivity index is 2.31. The Hall–Kier alpha value is -0.940. The van der Waals surface area contributed by atoms with Gasteiger partial charge < -0.3 is 5.11 Å². The minimum atomic E-state index is -0.885. The van der Waals surface area contributed by atoms with Crippen LogP contribution in [0.2, 0.25) is 0 Å². The number of benzene rings is 1. The Morgan fingerprint density at radius 3 is 2.56 bits per heavy atom. The number of carboxylic acids is 1. The normalized spacial score (nSPS) is 18.6. The average Bonchev–Trinajstić information content (AvgIpc) is 2.33. The second kappa shape index (κ2) is 5.80. The quantitative estimate of drug-likeness (QED) is 0.931. The Kier molecular flexibility index (Phi) is 4.35. The van der Waals surface area contributed by atoms with Gasteiger partial charge in [0.25, 0.3) is 0 Å². The van der Waals surface area contributed by atoms with E-state index in [1.54, 1.807) is 6.07 Å². The van der Waals surface area contributed by atoms with Gasteiger partial charge in [-0.3, -0.25) is 9.69 Å². The Morgan fingerprint density at radius 2 is 2.00 bits per heavy atom. The van der Waals surface area contributed by atoms with Crippen LogP contribution >= 0.6 is 15.9 Å². The number of piperidine rings is 1. The standard InChI is InChI=1S/C13H15BrFNO2/c14-11-8-9(15)4-5-10(11)12(13(17)18)16-6-2-1-3-7-16/h4-5,8,12H,1-3,6-7H2,(H,17,18). The number of aliphatic carboxylic acids is 1. The lowest BCUT2D eigenvalue weighted by Gasteiger charge is -2.32. The second-order valence-corrected chi connectivity index (χ2v) is 5.36. The van der Waals surface area contributed by atoms with Crippen LogP contribution in [0.3, 0.4) is 0 Å². The summed E-state index contributed by atoms with van der Waals surface area (Å²) in [6.45, 7) is 1.56. The molecule has 0 aromatic heterocycles. The fourth-order valence-corrected chi connectivity index (χ4v) is 2.95. The predicted molar refractivity (Wildman–Crippen MR) is 69.9 cm³/mol. The summed E-state index contributed by atoms with van der Waals surface area (Å²) >= 11 is 3.25. The molecular formula is C13H15BrFNO2. The maximum atomic E-state index is 13.1. The highest BCUT2D eigenvalue weighted by Crippen LogP contribution is 2.30. The van der Waals surface area contributed by atoms with Gasteiger partial charge >= 0.3 is 5.97 Å². The molecule has 1 N–H and O–H groups in total. The fourth-order valence-electron chi connectivity index (χ4n) is 2.39. The fraction of sp³-hybridized carbons (Fsp3) is 0.462. The van der Waals surface area contributed by atoms with Gasteiger partial charge in [0.2, 0.25) is 0 Å². The molecule has 98 valence electrons. The minimum absolute atomic E-state index is 0.367. The first-order valence-electron chi connectivity index (χ1n) is 6.01. The number of carboxylic acid groups (broad SMARTS) is 1. The van der Waals surface area contributed by atoms with E-state index in [0.29, 0.717) is 10.0 Å². The molecule has 5 heteroatoms. The van der Waals surface area contributed by atoms with Crippen LogP contribution in [-0.2, 0) is 4.79 Å². The van der Waals surface area contributed by atoms with Crippen LogP contribution in [0.4, 0.5) is 4.39 Å². The van der Waals surface area contributed by atoms with Gasteiger partial charge in [-0.1, -0.05) is 28.4 Å². The molecule has 1 aliphatic rings. The Labute approximate surface area is 114 Å². The van der Waals surface area contributed by atoms with E-state index in [2.05, 4.69) is 15.9 Å². The van der Waals surface area contributed by atoms with Gasteiger partial charge in [0.15, 0.2) is 0 Å². The molecule has 18 heavy (non-hydrogen) atoms. The zero-order valence-corrected chi connectivity index (χ0v) is 11.5. The topological polar surface area (TPSA) is 40.5 Å². The highest BCUT2D eigenvalue weighted by atomic mass is 79.9. The molecule has 0 bridgehead atoms. The van der Waals surface area contributed by atoms with Gasteiger partial charge in [-0.2, -0.15) is 0 Å². The van der Waals surface area contributed by atoms with Crippen molar-refractivity contribution in [3.8, 4) is 0 Å². The third-order valence-corrected chi connectivity index (χ3v) is 3.93. The number of nitrogens with zero attached hydrogens (tertiary/aromatic N) is 1. The lowest BCUT2D eigenvalue weighted by Crippen LogP contribution is -2.38. The summed E-state index contributed by atoms with van der Waals surface area (Å²) in [5.74, 6) is -1.25. The van der Waals surface area contributed by atoms with Crippen molar-refractivity contribution < 1.29 is 14.3 Å². The van der Waals surface area contributed by atoms with Crippen molar-refractivity contribution in [2.75, 3.05) is 13.1 Å². The van der Waals surface area contributed by atoms with Crippen molar-refractivity contribution in [2.45, 2.75) is 25.3 Å². The molecule has 1 aliphatic heterocycles. The number of hydrogen-bond acceptors (Lipinski definition) is 2. The maximum Gasteiger partial charge on any atom is 0.325 e. The summed E-state index contributed by atoms with van der Waals surface area (Å²) in [6, 6.07) is 3.47. The predicted octanol–water partition coefficient (Wildman–Crippen LogP) is 3.20. The highest BCUT2D eigenvalue weighted by Gasteiger charge is 2.29. The molecule has 1 unspecified atom stereocenters. The summed E-state index contributed by atoms with van der Waals surface area (Å²) in [4.78, 5) is 13.4. The van der Waals surface area contributed by atoms with Crippen molar-refractivity contribution in [3.63, 3.8) is 0 Å². The number of rotatable bonds is 3. The van der Waals surface area contributed by atoms with Gasteiger partial charge in [-0.25, -0.2) is 4.39 Å². The summed E-state index contributed by atoms with van der Waals surface area (Å²) < 4.78 is 13.6. The van der Waals surface area contributed by atoms with E-state index in [1.807, 2.05) is 4.90 Å². The van der Waals surface area contributed by atoms with Crippen molar-refractivity contribution in [2.24, 2.45) is 0 Å². The molecule has 2 rings (SSSR count). The summed E-state index contributed by atoms with van der Waals surface area (Å²) in [7, 11) is 0. The molecular weight excluding hydrogens is 301 g/mol. The molecule has 0 saturated carbocycles. The highest BCUT2D eigenvalue weighted by molar-refractivity contribution is 9.10. The lowest BCUT2D eigenvalue weighted by molar-refractivity contribution is -0.144. The van der Waals surface area contributed by atoms with Crippen LogP contribution in [0.15, 0.2) is 22.7 Å². The zero-order valence-electron chi connectivity index (χ0n) is 9.90. The molecule has 1 aromatic rings. The first-order valence-corrected chi connectivity index (χ1v) is 6.80. The van der Waals surface area contributed by atoms with Crippen LogP contribution in [-0.4, -0.2) is 29.1 Å². The van der Waals surface area contributed by atoms with E-state index in [4.69, 9.17) is 0 Å². The van der Waals surface area contributed by atoms with Crippen molar-refractivity contribution in [3.05, 3.63) is 34.1 Å². The molecule has 3 nitrogen and oxygen atoms in total. The average molecular weight is 316 g/mol. The van der Waals surface area contributed by atoms with E-state index in [0.717, 1.165) is 32.4 Å². The van der Waals surface area contributed by atoms with Gasteiger partial charge in [0.1, 0.15) is 11.9 Å². The van der Waals surface area contributed by atoms with E-state index in [1.165, 1.54) is 12.1 Å². The molecule has 0 spiro atoms. The molecule has 1 atom stereocenters. The van der Waals surface area contributed by atoms with Crippen molar-refractivity contribution in [1.82, 2.24) is 4.90 Å². The van der Waals surface area contributed by atoms with E-state index >= 15 is 0 Å². The van der Waals surface area contributed by atoms with Crippen molar-refractivity contribution in [1.29, 1.82) is 0 Å². The molecule has 0 amide bonds. The third-order valence-electron chi connectivity index (χ3n) is 3.25. The van der Waals surface area contributed by atoms with Gasteiger partial charge in [-0.15, -0.1) is 0 Å². The summed E-state index contributed by atoms with van der Waals surface area (Å²) in [5.41, 5.74) is 0.616. The molecule has 1 heterocycles. The van der Waals surface area contributed by atoms with Crippen molar-refractivity contribution >= 4 is 21.9 Å². The van der Waals surface area contributed by atoms with Gasteiger partial charge in [0, 0.05) is 4.47 Å². The van der Waals surface area contributed by atoms with E-state index in [9.17, 15) is 14.3 Å². The molecule has 0 radical (unpaired) electrons. The number of carbonyl (C=O) groups is 1. The maximum absolute atomic E-state index is 13.1. The molecule has 1 fully saturated rings. The van der Waals surface area contributed by atoms with Crippen LogP contribution in [0.1, 0.15) is 30.9 Å². The zero-order chi connectivity index (χ0) is 13.1. The lowest BCUT2D eigenvalue weighted by atomic mass is 10.0. The summed E-state index contributed by atoms with van der Waals surface area (Å²) in [5, 5.41) is 9.42. The van der Waals surface area contributed by atoms with Crippen LogP contribution in [0, 0.1) is 5.82 Å². The van der Waals surface area contributed by atoms with Gasteiger partial charge in [-0.05, 0) is 43.6 Å². The Morgan fingerprint density at radius 1 is 1.33 bits per heavy atom. The van der Waals surface area contributed by atoms with E-state index in [-0.39, 0.29) is 5.82 Å². The van der Waals surface area contributed by atoms with Gasteiger partial charge in [0.05, 0.1) is 0 Å². The molecule has 0 aliphatic carbocycles. The third kappa shape index (κ3) is 2.90.